The van der Waals surface area contributed by atoms with Crippen LogP contribution in [0.15, 0.2) is 34.5 Å². The lowest BCUT2D eigenvalue weighted by molar-refractivity contribution is -0.116. The molecule has 0 aliphatic heterocycles. The fourth-order valence-electron chi connectivity index (χ4n) is 2.67. The third-order valence-electron chi connectivity index (χ3n) is 3.97. The number of Topliss-reactive ketones (excluding diaryl/α,β-unsaturated/α-hetero) is 1. The van der Waals surface area contributed by atoms with E-state index in [1.165, 1.54) is 12.3 Å². The summed E-state index contributed by atoms with van der Waals surface area (Å²) in [5.74, 6) is -0.834. The Morgan fingerprint density at radius 2 is 2.13 bits per heavy atom. The highest BCUT2D eigenvalue weighted by Crippen LogP contribution is 2.34. The Bertz CT molecular complexity index is 650. The third-order valence-corrected chi connectivity index (χ3v) is 3.97. The van der Waals surface area contributed by atoms with Gasteiger partial charge in [-0.1, -0.05) is 17.7 Å². The highest BCUT2D eigenvalue weighted by molar-refractivity contribution is 6.14. The number of hydrogen-bond acceptors (Lipinski definition) is 4. The van der Waals surface area contributed by atoms with Gasteiger partial charge in [-0.2, -0.15) is 0 Å². The van der Waals surface area contributed by atoms with Gasteiger partial charge < -0.3 is 10.0 Å². The number of carbonyl (C=O) groups is 1. The van der Waals surface area contributed by atoms with Crippen LogP contribution in [0.5, 0.6) is 0 Å². The van der Waals surface area contributed by atoms with Gasteiger partial charge in [-0.15, -0.1) is 0 Å². The molecule has 1 aromatic rings. The van der Waals surface area contributed by atoms with E-state index in [2.05, 4.69) is 4.99 Å². The summed E-state index contributed by atoms with van der Waals surface area (Å²) < 4.78 is 14.0. The number of hydrogen-bond donors (Lipinski definition) is 1. The van der Waals surface area contributed by atoms with E-state index in [1.54, 1.807) is 12.1 Å². The summed E-state index contributed by atoms with van der Waals surface area (Å²) in [5.41, 5.74) is 1.69. The first kappa shape index (κ1) is 17.3. The SMILES string of the molecule is Cc1ccc(F)c(C2CC(=O)C(C=NCCN(C)C)=C(O)C2)c1. The molecule has 124 valence electrons. The van der Waals surface area contributed by atoms with Crippen molar-refractivity contribution in [2.75, 3.05) is 27.2 Å². The summed E-state index contributed by atoms with van der Waals surface area (Å²) in [5, 5.41) is 10.2. The van der Waals surface area contributed by atoms with Crippen LogP contribution < -0.4 is 0 Å². The quantitative estimate of drug-likeness (QED) is 0.849. The minimum absolute atomic E-state index is 0.000703. The van der Waals surface area contributed by atoms with Gasteiger partial charge in [-0.3, -0.25) is 9.79 Å². The fraction of sp³-hybridized carbons (Fsp3) is 0.444. The van der Waals surface area contributed by atoms with Crippen molar-refractivity contribution >= 4 is 12.0 Å². The molecule has 0 heterocycles. The summed E-state index contributed by atoms with van der Waals surface area (Å²) in [6, 6.07) is 4.85. The molecule has 5 heteroatoms. The molecule has 23 heavy (non-hydrogen) atoms. The molecule has 1 aliphatic carbocycles. The van der Waals surface area contributed by atoms with Crippen LogP contribution in [-0.2, 0) is 4.79 Å². The average molecular weight is 318 g/mol. The van der Waals surface area contributed by atoms with Crippen LogP contribution in [0.4, 0.5) is 4.39 Å². The van der Waals surface area contributed by atoms with Crippen LogP contribution in [-0.4, -0.2) is 49.2 Å². The Morgan fingerprint density at radius 1 is 1.39 bits per heavy atom. The lowest BCUT2D eigenvalue weighted by atomic mass is 9.82. The van der Waals surface area contributed by atoms with Gasteiger partial charge in [0.25, 0.3) is 0 Å². The van der Waals surface area contributed by atoms with Crippen molar-refractivity contribution in [3.63, 3.8) is 0 Å². The van der Waals surface area contributed by atoms with Crippen molar-refractivity contribution in [1.29, 1.82) is 0 Å². The molecule has 1 N–H and O–H groups in total. The number of aliphatic imine (C=N–C) groups is 1. The highest BCUT2D eigenvalue weighted by Gasteiger charge is 2.29. The molecule has 0 spiro atoms. The predicted octanol–water partition coefficient (Wildman–Crippen LogP) is 3.03. The first-order chi connectivity index (χ1) is 10.9. The predicted molar refractivity (Wildman–Crippen MR) is 89.7 cm³/mol. The summed E-state index contributed by atoms with van der Waals surface area (Å²) in [6.45, 7) is 3.22. The standard InChI is InChI=1S/C18H23FN2O2/c1-12-4-5-16(19)14(8-12)13-9-17(22)15(18(23)10-13)11-20-6-7-21(2)3/h4-5,8,11,13,22H,6-7,9-10H2,1-3H3. The largest absolute Gasteiger partial charge is 0.511 e. The number of halogens is 1. The number of nitrogens with zero attached hydrogens (tertiary/aromatic N) is 2. The lowest BCUT2D eigenvalue weighted by Crippen LogP contribution is -2.20. The van der Waals surface area contributed by atoms with Gasteiger partial charge >= 0.3 is 0 Å². The topological polar surface area (TPSA) is 52.9 Å². The molecular weight excluding hydrogens is 295 g/mol. The zero-order valence-electron chi connectivity index (χ0n) is 13.8. The molecule has 0 aromatic heterocycles. The minimum atomic E-state index is -0.329. The van der Waals surface area contributed by atoms with E-state index < -0.39 is 0 Å². The van der Waals surface area contributed by atoms with Gasteiger partial charge in [0.15, 0.2) is 5.78 Å². The van der Waals surface area contributed by atoms with E-state index in [0.717, 1.165) is 12.1 Å². The van der Waals surface area contributed by atoms with Gasteiger partial charge in [0.2, 0.25) is 0 Å². The molecule has 0 saturated carbocycles. The van der Waals surface area contributed by atoms with Gasteiger partial charge in [0, 0.05) is 31.5 Å². The fourth-order valence-corrected chi connectivity index (χ4v) is 2.67. The number of ketones is 1. The van der Waals surface area contributed by atoms with Crippen molar-refractivity contribution in [3.05, 3.63) is 46.5 Å². The molecule has 1 unspecified atom stereocenters. The number of aliphatic hydroxyl groups is 1. The number of allylic oxidation sites excluding steroid dienone is 2. The van der Waals surface area contributed by atoms with Crippen LogP contribution >= 0.6 is 0 Å². The number of rotatable bonds is 5. The number of aliphatic hydroxyl groups excluding tert-OH is 1. The summed E-state index contributed by atoms with van der Waals surface area (Å²) >= 11 is 0. The first-order valence-electron chi connectivity index (χ1n) is 7.74. The van der Waals surface area contributed by atoms with E-state index in [0.29, 0.717) is 12.1 Å². The van der Waals surface area contributed by atoms with Gasteiger partial charge in [-0.05, 0) is 32.6 Å². The lowest BCUT2D eigenvalue weighted by Gasteiger charge is -2.23. The zero-order valence-corrected chi connectivity index (χ0v) is 13.8. The first-order valence-corrected chi connectivity index (χ1v) is 7.74. The van der Waals surface area contributed by atoms with Gasteiger partial charge in [0.05, 0.1) is 12.1 Å². The second kappa shape index (κ2) is 7.51. The second-order valence-electron chi connectivity index (χ2n) is 6.25. The monoisotopic (exact) mass is 318 g/mol. The molecule has 1 atom stereocenters. The maximum Gasteiger partial charge on any atom is 0.168 e. The van der Waals surface area contributed by atoms with Gasteiger partial charge in [-0.25, -0.2) is 4.39 Å². The molecule has 1 aliphatic rings. The van der Waals surface area contributed by atoms with Crippen molar-refractivity contribution in [2.24, 2.45) is 4.99 Å². The van der Waals surface area contributed by atoms with E-state index in [-0.39, 0.29) is 41.7 Å². The van der Waals surface area contributed by atoms with Gasteiger partial charge in [0.1, 0.15) is 11.6 Å². The summed E-state index contributed by atoms with van der Waals surface area (Å²) in [4.78, 5) is 18.4. The second-order valence-corrected chi connectivity index (χ2v) is 6.25. The smallest absolute Gasteiger partial charge is 0.168 e. The molecule has 4 nitrogen and oxygen atoms in total. The highest BCUT2D eigenvalue weighted by atomic mass is 19.1. The van der Waals surface area contributed by atoms with Crippen LogP contribution in [0.2, 0.25) is 0 Å². The molecule has 0 saturated heterocycles. The maximum absolute atomic E-state index is 14.0. The third kappa shape index (κ3) is 4.48. The van der Waals surface area contributed by atoms with E-state index in [4.69, 9.17) is 0 Å². The molecule has 2 rings (SSSR count). The van der Waals surface area contributed by atoms with Crippen molar-refractivity contribution in [3.8, 4) is 0 Å². The Labute approximate surface area is 136 Å². The zero-order chi connectivity index (χ0) is 17.0. The van der Waals surface area contributed by atoms with Crippen molar-refractivity contribution < 1.29 is 14.3 Å². The Balaban J connectivity index is 2.14. The number of carbonyl (C=O) groups excluding carboxylic acids is 1. The van der Waals surface area contributed by atoms with E-state index >= 15 is 0 Å². The summed E-state index contributed by atoms with van der Waals surface area (Å²) in [7, 11) is 3.89. The molecule has 0 fully saturated rings. The van der Waals surface area contributed by atoms with Crippen LogP contribution in [0.1, 0.15) is 29.9 Å². The minimum Gasteiger partial charge on any atom is -0.511 e. The maximum atomic E-state index is 14.0. The van der Waals surface area contributed by atoms with Crippen LogP contribution in [0.25, 0.3) is 0 Å². The van der Waals surface area contributed by atoms with Crippen molar-refractivity contribution in [2.45, 2.75) is 25.7 Å². The molecule has 0 amide bonds. The van der Waals surface area contributed by atoms with Crippen LogP contribution in [0.3, 0.4) is 0 Å². The number of benzene rings is 1. The number of likely N-dealkylation sites (N-methyl/N-ethyl adjacent to an activating group) is 1. The Morgan fingerprint density at radius 3 is 2.78 bits per heavy atom. The molecule has 0 radical (unpaired) electrons. The van der Waals surface area contributed by atoms with Crippen LogP contribution in [0, 0.1) is 12.7 Å². The van der Waals surface area contributed by atoms with E-state index in [1.807, 2.05) is 25.9 Å². The Kier molecular flexibility index (Phi) is 5.66. The van der Waals surface area contributed by atoms with E-state index in [9.17, 15) is 14.3 Å². The normalized spacial score (nSPS) is 19.2. The Hall–Kier alpha value is -2.01. The average Bonchev–Trinajstić information content (AvgIpc) is 2.47. The summed E-state index contributed by atoms with van der Waals surface area (Å²) in [6.07, 6.45) is 1.91. The van der Waals surface area contributed by atoms with Crippen molar-refractivity contribution in [1.82, 2.24) is 4.90 Å². The molecule has 1 aromatic carbocycles. The molecular formula is C18H23FN2O2. The molecule has 0 bridgehead atoms. The number of aryl methyl sites for hydroxylation is 1.